The van der Waals surface area contributed by atoms with Gasteiger partial charge in [0.2, 0.25) is 0 Å². The maximum atomic E-state index is 14.7. The number of hydrogen-bond donors (Lipinski definition) is 0. The minimum absolute atomic E-state index is 0.190. The van der Waals surface area contributed by atoms with E-state index >= 15 is 0 Å². The second-order valence-corrected chi connectivity index (χ2v) is 7.83. The number of hydrogen-bond acceptors (Lipinski definition) is 2. The zero-order valence-corrected chi connectivity index (χ0v) is 13.5. The van der Waals surface area contributed by atoms with E-state index in [9.17, 15) is 8.96 Å². The van der Waals surface area contributed by atoms with E-state index in [4.69, 9.17) is 4.74 Å². The third-order valence-electron chi connectivity index (χ3n) is 3.73. The summed E-state index contributed by atoms with van der Waals surface area (Å²) in [7, 11) is -1.80. The second-order valence-electron chi connectivity index (χ2n) is 5.10. The van der Waals surface area contributed by atoms with Gasteiger partial charge >= 0.3 is 0 Å². The van der Waals surface area contributed by atoms with Crippen LogP contribution in [0.4, 0.5) is 4.39 Å². The molecule has 0 aliphatic carbocycles. The van der Waals surface area contributed by atoms with Crippen LogP contribution in [-0.2, 0) is 4.57 Å². The van der Waals surface area contributed by atoms with Gasteiger partial charge in [-0.1, -0.05) is 60.7 Å². The normalized spacial score (nSPS) is 11.2. The van der Waals surface area contributed by atoms with Gasteiger partial charge in [-0.25, -0.2) is 4.39 Å². The molecule has 0 radical (unpaired) electrons. The molecule has 0 atom stereocenters. The summed E-state index contributed by atoms with van der Waals surface area (Å²) in [6, 6.07) is 22.5. The Morgan fingerprint density at radius 3 is 1.78 bits per heavy atom. The third kappa shape index (κ3) is 2.80. The zero-order valence-electron chi connectivity index (χ0n) is 12.6. The van der Waals surface area contributed by atoms with Crippen LogP contribution < -0.4 is 20.7 Å². The predicted octanol–water partition coefficient (Wildman–Crippen LogP) is 3.47. The summed E-state index contributed by atoms with van der Waals surface area (Å²) >= 11 is 0. The first-order valence-corrected chi connectivity index (χ1v) is 8.92. The van der Waals surface area contributed by atoms with E-state index in [2.05, 4.69) is 0 Å². The first-order chi connectivity index (χ1) is 11.2. The molecule has 0 saturated carbocycles. The van der Waals surface area contributed by atoms with Gasteiger partial charge in [-0.15, -0.1) is 0 Å². The van der Waals surface area contributed by atoms with Crippen molar-refractivity contribution in [1.82, 2.24) is 0 Å². The number of benzene rings is 3. The van der Waals surface area contributed by atoms with Crippen LogP contribution in [0.2, 0.25) is 0 Å². The maximum Gasteiger partial charge on any atom is 0.173 e. The highest BCUT2D eigenvalue weighted by atomic mass is 31.2. The smallest absolute Gasteiger partial charge is 0.173 e. The zero-order chi connectivity index (χ0) is 16.3. The van der Waals surface area contributed by atoms with E-state index in [1.54, 1.807) is 36.4 Å². The summed E-state index contributed by atoms with van der Waals surface area (Å²) < 4.78 is 33.7. The molecule has 0 fully saturated rings. The van der Waals surface area contributed by atoms with Crippen molar-refractivity contribution in [2.75, 3.05) is 7.11 Å². The maximum absolute atomic E-state index is 14.7. The van der Waals surface area contributed by atoms with Gasteiger partial charge in [0.05, 0.1) is 12.4 Å². The van der Waals surface area contributed by atoms with E-state index in [0.29, 0.717) is 16.4 Å². The fraction of sp³-hybridized carbons (Fsp3) is 0.0526. The van der Waals surface area contributed by atoms with Gasteiger partial charge in [-0.3, -0.25) is 0 Å². The molecule has 0 N–H and O–H groups in total. The summed E-state index contributed by atoms with van der Waals surface area (Å²) in [4.78, 5) is 0. The average molecular weight is 326 g/mol. The van der Waals surface area contributed by atoms with Gasteiger partial charge in [-0.05, 0) is 12.1 Å². The van der Waals surface area contributed by atoms with Crippen molar-refractivity contribution < 1.29 is 13.7 Å². The molecule has 0 aliphatic heterocycles. The van der Waals surface area contributed by atoms with E-state index in [0.717, 1.165) is 0 Å². The van der Waals surface area contributed by atoms with Gasteiger partial charge in [0, 0.05) is 16.7 Å². The Morgan fingerprint density at radius 1 is 0.826 bits per heavy atom. The van der Waals surface area contributed by atoms with Gasteiger partial charge in [-0.2, -0.15) is 0 Å². The van der Waals surface area contributed by atoms with Crippen LogP contribution >= 0.6 is 7.14 Å². The summed E-state index contributed by atoms with van der Waals surface area (Å²) in [5.41, 5.74) is 0. The van der Waals surface area contributed by atoms with Gasteiger partial charge in [0.1, 0.15) is 11.6 Å². The standard InChI is InChI=1S/C19H16FO2P/c1-22-15-12-13-19(18(20)14-15)23(21,16-8-4-2-5-9-16)17-10-6-3-7-11-17/h2-14H,1H3. The fourth-order valence-corrected chi connectivity index (χ4v) is 5.26. The molecule has 0 unspecified atom stereocenters. The van der Waals surface area contributed by atoms with E-state index in [-0.39, 0.29) is 5.30 Å². The van der Waals surface area contributed by atoms with Crippen LogP contribution in [0.3, 0.4) is 0 Å². The Bertz CT molecular complexity index is 804. The van der Waals surface area contributed by atoms with Crippen LogP contribution in [0, 0.1) is 5.82 Å². The minimum atomic E-state index is -3.27. The minimum Gasteiger partial charge on any atom is -0.497 e. The number of ether oxygens (including phenoxy) is 1. The highest BCUT2D eigenvalue weighted by molar-refractivity contribution is 7.85. The highest BCUT2D eigenvalue weighted by Gasteiger charge is 2.32. The van der Waals surface area contributed by atoms with Crippen molar-refractivity contribution >= 4 is 23.1 Å². The highest BCUT2D eigenvalue weighted by Crippen LogP contribution is 2.43. The van der Waals surface area contributed by atoms with Crippen molar-refractivity contribution in [1.29, 1.82) is 0 Å². The number of halogens is 1. The molecule has 2 nitrogen and oxygen atoms in total. The molecule has 0 aliphatic rings. The molecule has 0 saturated heterocycles. The molecule has 0 amide bonds. The van der Waals surface area contributed by atoms with E-state index < -0.39 is 13.0 Å². The summed E-state index contributed by atoms with van der Waals surface area (Å²) in [6.07, 6.45) is 0. The molecular weight excluding hydrogens is 310 g/mol. The number of rotatable bonds is 4. The third-order valence-corrected chi connectivity index (χ3v) is 6.83. The van der Waals surface area contributed by atoms with Crippen LogP contribution in [-0.4, -0.2) is 7.11 Å². The first-order valence-electron chi connectivity index (χ1n) is 7.21. The fourth-order valence-electron chi connectivity index (χ4n) is 2.57. The lowest BCUT2D eigenvalue weighted by Gasteiger charge is -2.20. The quantitative estimate of drug-likeness (QED) is 0.686. The molecule has 116 valence electrons. The Morgan fingerprint density at radius 2 is 1.35 bits per heavy atom. The summed E-state index contributed by atoms with van der Waals surface area (Å²) in [6.45, 7) is 0. The summed E-state index contributed by atoms with van der Waals surface area (Å²) in [5.74, 6) is -0.126. The molecule has 3 rings (SSSR count). The molecule has 3 aromatic rings. The Kier molecular flexibility index (Phi) is 4.31. The van der Waals surface area contributed by atoms with Crippen LogP contribution in [0.5, 0.6) is 5.75 Å². The van der Waals surface area contributed by atoms with Gasteiger partial charge in [0.25, 0.3) is 0 Å². The predicted molar refractivity (Wildman–Crippen MR) is 92.3 cm³/mol. The summed E-state index contributed by atoms with van der Waals surface area (Å²) in [5, 5.41) is 1.40. The molecular formula is C19H16FO2P. The second kappa shape index (κ2) is 6.39. The largest absolute Gasteiger partial charge is 0.497 e. The van der Waals surface area contributed by atoms with Crippen molar-refractivity contribution in [2.45, 2.75) is 0 Å². The van der Waals surface area contributed by atoms with Crippen molar-refractivity contribution in [3.8, 4) is 5.75 Å². The lowest BCUT2D eigenvalue weighted by molar-refractivity contribution is 0.411. The Balaban J connectivity index is 2.28. The van der Waals surface area contributed by atoms with Crippen LogP contribution in [0.15, 0.2) is 78.9 Å². The topological polar surface area (TPSA) is 26.3 Å². The lowest BCUT2D eigenvalue weighted by Crippen LogP contribution is -2.27. The molecule has 0 heterocycles. The lowest BCUT2D eigenvalue weighted by atomic mass is 10.3. The Labute approximate surface area is 134 Å². The van der Waals surface area contributed by atoms with Crippen molar-refractivity contribution in [3.05, 3.63) is 84.7 Å². The Hall–Kier alpha value is -2.38. The first kappa shape index (κ1) is 15.5. The average Bonchev–Trinajstić information content (AvgIpc) is 2.62. The molecule has 0 aromatic heterocycles. The molecule has 3 aromatic carbocycles. The number of methoxy groups -OCH3 is 1. The SMILES string of the molecule is COc1ccc(P(=O)(c2ccccc2)c2ccccc2)c(F)c1. The molecule has 4 heteroatoms. The van der Waals surface area contributed by atoms with Crippen molar-refractivity contribution in [3.63, 3.8) is 0 Å². The van der Waals surface area contributed by atoms with Crippen LogP contribution in [0.25, 0.3) is 0 Å². The van der Waals surface area contributed by atoms with Gasteiger partial charge < -0.3 is 9.30 Å². The van der Waals surface area contributed by atoms with Crippen molar-refractivity contribution in [2.24, 2.45) is 0 Å². The molecule has 0 bridgehead atoms. The monoisotopic (exact) mass is 326 g/mol. The van der Waals surface area contributed by atoms with E-state index in [1.807, 2.05) is 36.4 Å². The van der Waals surface area contributed by atoms with Gasteiger partial charge in [0.15, 0.2) is 7.14 Å². The van der Waals surface area contributed by atoms with E-state index in [1.165, 1.54) is 13.2 Å². The molecule has 23 heavy (non-hydrogen) atoms. The van der Waals surface area contributed by atoms with Crippen LogP contribution in [0.1, 0.15) is 0 Å². The molecule has 0 spiro atoms.